The molecule has 1 fully saturated rings. The first-order valence-corrected chi connectivity index (χ1v) is 6.37. The molecule has 1 amide bonds. The van der Waals surface area contributed by atoms with E-state index in [0.29, 0.717) is 6.04 Å². The Bertz CT molecular complexity index is 358. The average molecular weight is 232 g/mol. The molecule has 0 bridgehead atoms. The molecule has 1 unspecified atom stereocenters. The lowest BCUT2D eigenvalue weighted by Gasteiger charge is -2.18. The van der Waals surface area contributed by atoms with Gasteiger partial charge >= 0.3 is 0 Å². The first-order chi connectivity index (χ1) is 8.25. The summed E-state index contributed by atoms with van der Waals surface area (Å²) >= 11 is 0. The second-order valence-corrected chi connectivity index (χ2v) is 4.73. The topological polar surface area (TPSA) is 41.1 Å². The lowest BCUT2D eigenvalue weighted by atomic mass is 10.2. The molecule has 2 rings (SSSR count). The van der Waals surface area contributed by atoms with Crippen molar-refractivity contribution in [2.45, 2.75) is 44.7 Å². The summed E-state index contributed by atoms with van der Waals surface area (Å²) in [6.07, 6.45) is 4.96. The van der Waals surface area contributed by atoms with Gasteiger partial charge < -0.3 is 10.6 Å². The minimum absolute atomic E-state index is 0.0445. The number of rotatable bonds is 4. The number of nitrogens with one attached hydrogen (secondary N) is 2. The van der Waals surface area contributed by atoms with E-state index >= 15 is 0 Å². The highest BCUT2D eigenvalue weighted by atomic mass is 16.2. The minimum atomic E-state index is -0.127. The number of para-hydroxylation sites is 1. The van der Waals surface area contributed by atoms with Crippen molar-refractivity contribution in [3.63, 3.8) is 0 Å². The fourth-order valence-electron chi connectivity index (χ4n) is 2.29. The Balaban J connectivity index is 1.82. The normalized spacial score (nSPS) is 17.9. The van der Waals surface area contributed by atoms with Gasteiger partial charge in [-0.25, -0.2) is 0 Å². The molecule has 0 aromatic heterocycles. The van der Waals surface area contributed by atoms with Gasteiger partial charge in [0.2, 0.25) is 5.91 Å². The highest BCUT2D eigenvalue weighted by Crippen LogP contribution is 2.18. The van der Waals surface area contributed by atoms with E-state index in [2.05, 4.69) is 10.6 Å². The summed E-state index contributed by atoms with van der Waals surface area (Å²) in [7, 11) is 0. The smallest absolute Gasteiger partial charge is 0.241 e. The number of carbonyl (C=O) groups excluding carboxylic acids is 1. The molecule has 0 heterocycles. The molecule has 17 heavy (non-hydrogen) atoms. The average Bonchev–Trinajstić information content (AvgIpc) is 2.83. The predicted molar refractivity (Wildman–Crippen MR) is 69.9 cm³/mol. The summed E-state index contributed by atoms with van der Waals surface area (Å²) in [5, 5.41) is 6.30. The van der Waals surface area contributed by atoms with E-state index in [1.165, 1.54) is 25.7 Å². The summed E-state index contributed by atoms with van der Waals surface area (Å²) in [5.74, 6) is 0.0445. The Morgan fingerprint density at radius 1 is 1.24 bits per heavy atom. The van der Waals surface area contributed by atoms with E-state index in [1.54, 1.807) is 0 Å². The molecule has 1 aliphatic rings. The zero-order valence-corrected chi connectivity index (χ0v) is 10.3. The highest BCUT2D eigenvalue weighted by Gasteiger charge is 2.20. The quantitative estimate of drug-likeness (QED) is 0.837. The van der Waals surface area contributed by atoms with E-state index in [1.807, 2.05) is 37.3 Å². The van der Waals surface area contributed by atoms with Crippen LogP contribution in [0, 0.1) is 0 Å². The van der Waals surface area contributed by atoms with E-state index < -0.39 is 0 Å². The van der Waals surface area contributed by atoms with Crippen molar-refractivity contribution in [2.24, 2.45) is 0 Å². The largest absolute Gasteiger partial charge is 0.325 e. The van der Waals surface area contributed by atoms with Crippen LogP contribution < -0.4 is 10.6 Å². The van der Waals surface area contributed by atoms with Gasteiger partial charge in [0.25, 0.3) is 0 Å². The van der Waals surface area contributed by atoms with Gasteiger partial charge in [-0.3, -0.25) is 4.79 Å². The van der Waals surface area contributed by atoms with Gasteiger partial charge in [-0.2, -0.15) is 0 Å². The number of carbonyl (C=O) groups is 1. The molecule has 1 atom stereocenters. The second kappa shape index (κ2) is 5.82. The summed E-state index contributed by atoms with van der Waals surface area (Å²) in [6, 6.07) is 9.98. The van der Waals surface area contributed by atoms with Crippen LogP contribution in [-0.4, -0.2) is 18.0 Å². The standard InChI is InChI=1S/C14H20N2O/c1-11(15-12-9-5-6-10-12)14(17)16-13-7-3-2-4-8-13/h2-4,7-8,11-12,15H,5-6,9-10H2,1H3,(H,16,17). The fraction of sp³-hybridized carbons (Fsp3) is 0.500. The number of hydrogen-bond donors (Lipinski definition) is 2. The lowest BCUT2D eigenvalue weighted by Crippen LogP contribution is -2.42. The Kier molecular flexibility index (Phi) is 4.15. The highest BCUT2D eigenvalue weighted by molar-refractivity contribution is 5.94. The second-order valence-electron chi connectivity index (χ2n) is 4.73. The molecule has 1 aromatic rings. The van der Waals surface area contributed by atoms with Gasteiger partial charge in [-0.05, 0) is 31.9 Å². The first-order valence-electron chi connectivity index (χ1n) is 6.37. The Morgan fingerprint density at radius 3 is 2.53 bits per heavy atom. The van der Waals surface area contributed by atoms with Gasteiger partial charge in [-0.15, -0.1) is 0 Å². The van der Waals surface area contributed by atoms with E-state index in [-0.39, 0.29) is 11.9 Å². The summed E-state index contributed by atoms with van der Waals surface area (Å²) in [6.45, 7) is 1.93. The predicted octanol–water partition coefficient (Wildman–Crippen LogP) is 2.55. The SMILES string of the molecule is CC(NC1CCCC1)C(=O)Nc1ccccc1. The molecule has 0 aliphatic heterocycles. The van der Waals surface area contributed by atoms with Crippen molar-refractivity contribution in [1.29, 1.82) is 0 Å². The number of anilines is 1. The third-order valence-electron chi connectivity index (χ3n) is 3.28. The van der Waals surface area contributed by atoms with Crippen molar-refractivity contribution in [3.8, 4) is 0 Å². The molecule has 1 aromatic carbocycles. The molecule has 2 N–H and O–H groups in total. The first kappa shape index (κ1) is 12.1. The van der Waals surface area contributed by atoms with Crippen LogP contribution in [0.3, 0.4) is 0 Å². The molecule has 1 aliphatic carbocycles. The zero-order chi connectivity index (χ0) is 12.1. The summed E-state index contributed by atoms with van der Waals surface area (Å²) < 4.78 is 0. The van der Waals surface area contributed by atoms with Crippen LogP contribution in [0.2, 0.25) is 0 Å². The van der Waals surface area contributed by atoms with Gasteiger partial charge in [0.05, 0.1) is 6.04 Å². The zero-order valence-electron chi connectivity index (χ0n) is 10.3. The van der Waals surface area contributed by atoms with E-state index in [4.69, 9.17) is 0 Å². The molecule has 0 radical (unpaired) electrons. The maximum Gasteiger partial charge on any atom is 0.241 e. The molecule has 0 spiro atoms. The van der Waals surface area contributed by atoms with Crippen LogP contribution in [0.4, 0.5) is 5.69 Å². The number of amides is 1. The van der Waals surface area contributed by atoms with Crippen LogP contribution in [0.25, 0.3) is 0 Å². The van der Waals surface area contributed by atoms with Gasteiger partial charge in [-0.1, -0.05) is 31.0 Å². The molecule has 1 saturated carbocycles. The molecular weight excluding hydrogens is 212 g/mol. The van der Waals surface area contributed by atoms with Crippen molar-refractivity contribution < 1.29 is 4.79 Å². The number of benzene rings is 1. The number of hydrogen-bond acceptors (Lipinski definition) is 2. The maximum atomic E-state index is 11.9. The Labute approximate surface area is 103 Å². The van der Waals surface area contributed by atoms with Gasteiger partial charge in [0.15, 0.2) is 0 Å². The molecule has 0 saturated heterocycles. The van der Waals surface area contributed by atoms with Gasteiger partial charge in [0.1, 0.15) is 0 Å². The fourth-order valence-corrected chi connectivity index (χ4v) is 2.29. The van der Waals surface area contributed by atoms with Crippen molar-refractivity contribution >= 4 is 11.6 Å². The van der Waals surface area contributed by atoms with Crippen molar-refractivity contribution in [1.82, 2.24) is 5.32 Å². The van der Waals surface area contributed by atoms with Gasteiger partial charge in [0, 0.05) is 11.7 Å². The third-order valence-corrected chi connectivity index (χ3v) is 3.28. The summed E-state index contributed by atoms with van der Waals surface area (Å²) in [5.41, 5.74) is 0.859. The lowest BCUT2D eigenvalue weighted by molar-refractivity contribution is -0.117. The Morgan fingerprint density at radius 2 is 1.88 bits per heavy atom. The Hall–Kier alpha value is -1.35. The molecule has 3 nitrogen and oxygen atoms in total. The third kappa shape index (κ3) is 3.56. The van der Waals surface area contributed by atoms with Crippen molar-refractivity contribution in [2.75, 3.05) is 5.32 Å². The molecule has 92 valence electrons. The minimum Gasteiger partial charge on any atom is -0.325 e. The van der Waals surface area contributed by atoms with Crippen molar-refractivity contribution in [3.05, 3.63) is 30.3 Å². The molecular formula is C14H20N2O. The van der Waals surface area contributed by atoms with Crippen LogP contribution in [0.5, 0.6) is 0 Å². The van der Waals surface area contributed by atoms with E-state index in [9.17, 15) is 4.79 Å². The van der Waals surface area contributed by atoms with E-state index in [0.717, 1.165) is 5.69 Å². The van der Waals surface area contributed by atoms with Crippen LogP contribution >= 0.6 is 0 Å². The van der Waals surface area contributed by atoms with Crippen LogP contribution in [0.1, 0.15) is 32.6 Å². The molecule has 3 heteroatoms. The summed E-state index contributed by atoms with van der Waals surface area (Å²) in [4.78, 5) is 11.9. The monoisotopic (exact) mass is 232 g/mol. The van der Waals surface area contributed by atoms with Crippen LogP contribution in [0.15, 0.2) is 30.3 Å². The van der Waals surface area contributed by atoms with Crippen LogP contribution in [-0.2, 0) is 4.79 Å². The maximum absolute atomic E-state index is 11.9.